The fourth-order valence-corrected chi connectivity index (χ4v) is 2.29. The van der Waals surface area contributed by atoms with E-state index in [1.54, 1.807) is 0 Å². The second-order valence-corrected chi connectivity index (χ2v) is 5.55. The van der Waals surface area contributed by atoms with Gasteiger partial charge in [0.15, 0.2) is 0 Å². The minimum Gasteiger partial charge on any atom is -0.494 e. The Morgan fingerprint density at radius 1 is 1.05 bits per heavy atom. The highest BCUT2D eigenvalue weighted by Crippen LogP contribution is 2.19. The Balaban J connectivity index is 2.15. The van der Waals surface area contributed by atoms with Gasteiger partial charge in [0.05, 0.1) is 6.61 Å². The number of rotatable bonds is 11. The Morgan fingerprint density at radius 3 is 2.45 bits per heavy atom. The molecule has 20 heavy (non-hydrogen) atoms. The first-order valence-corrected chi connectivity index (χ1v) is 8.18. The van der Waals surface area contributed by atoms with Crippen LogP contribution in [-0.4, -0.2) is 13.7 Å². The molecule has 0 aromatic heterocycles. The van der Waals surface area contributed by atoms with Crippen LogP contribution in [0.1, 0.15) is 70.4 Å². The van der Waals surface area contributed by atoms with E-state index in [9.17, 15) is 0 Å². The van der Waals surface area contributed by atoms with Crippen LogP contribution in [0.15, 0.2) is 24.3 Å². The molecule has 1 N–H and O–H groups in total. The fraction of sp³-hybridized carbons (Fsp3) is 0.667. The van der Waals surface area contributed by atoms with Crippen LogP contribution in [-0.2, 0) is 0 Å². The molecule has 1 unspecified atom stereocenters. The van der Waals surface area contributed by atoms with Gasteiger partial charge in [-0.05, 0) is 38.1 Å². The van der Waals surface area contributed by atoms with E-state index in [4.69, 9.17) is 4.74 Å². The summed E-state index contributed by atoms with van der Waals surface area (Å²) in [7, 11) is 1.98. The minimum atomic E-state index is 0.372. The van der Waals surface area contributed by atoms with Crippen LogP contribution >= 0.6 is 0 Å². The lowest BCUT2D eigenvalue weighted by Gasteiger charge is -2.12. The average Bonchev–Trinajstić information content (AvgIpc) is 2.49. The van der Waals surface area contributed by atoms with Gasteiger partial charge in [-0.2, -0.15) is 0 Å². The highest BCUT2D eigenvalue weighted by Gasteiger charge is 2.03. The Kier molecular flexibility index (Phi) is 9.14. The van der Waals surface area contributed by atoms with Crippen molar-refractivity contribution in [3.63, 3.8) is 0 Å². The van der Waals surface area contributed by atoms with Crippen LogP contribution in [0.5, 0.6) is 5.75 Å². The Hall–Kier alpha value is -1.02. The molecule has 1 aromatic rings. The predicted molar refractivity (Wildman–Crippen MR) is 87.4 cm³/mol. The molecule has 0 aliphatic heterocycles. The highest BCUT2D eigenvalue weighted by molar-refractivity contribution is 5.30. The first-order valence-electron chi connectivity index (χ1n) is 8.18. The molecule has 0 bridgehead atoms. The van der Waals surface area contributed by atoms with Gasteiger partial charge in [0.2, 0.25) is 0 Å². The molecule has 0 fully saturated rings. The molecule has 0 amide bonds. The largest absolute Gasteiger partial charge is 0.494 e. The number of hydrogen-bond acceptors (Lipinski definition) is 2. The molecule has 1 aromatic carbocycles. The van der Waals surface area contributed by atoms with Crippen molar-refractivity contribution >= 4 is 0 Å². The van der Waals surface area contributed by atoms with E-state index in [1.165, 1.54) is 44.1 Å². The zero-order valence-electron chi connectivity index (χ0n) is 13.5. The molecule has 2 nitrogen and oxygen atoms in total. The van der Waals surface area contributed by atoms with Crippen LogP contribution in [0.25, 0.3) is 0 Å². The number of benzene rings is 1. The number of nitrogens with one attached hydrogen (secondary N) is 1. The van der Waals surface area contributed by atoms with Crippen molar-refractivity contribution in [2.24, 2.45) is 0 Å². The summed E-state index contributed by atoms with van der Waals surface area (Å²) in [5, 5.41) is 3.25. The molecule has 0 aliphatic rings. The molecule has 0 radical (unpaired) electrons. The lowest BCUT2D eigenvalue weighted by molar-refractivity contribution is 0.304. The van der Waals surface area contributed by atoms with Gasteiger partial charge >= 0.3 is 0 Å². The maximum atomic E-state index is 5.84. The highest BCUT2D eigenvalue weighted by atomic mass is 16.5. The van der Waals surface area contributed by atoms with E-state index in [0.29, 0.717) is 6.04 Å². The second kappa shape index (κ2) is 10.7. The Morgan fingerprint density at radius 2 is 1.75 bits per heavy atom. The van der Waals surface area contributed by atoms with Crippen molar-refractivity contribution in [3.8, 4) is 5.75 Å². The lowest BCUT2D eigenvalue weighted by atomic mass is 10.1. The van der Waals surface area contributed by atoms with Crippen molar-refractivity contribution in [2.75, 3.05) is 13.7 Å². The topological polar surface area (TPSA) is 21.3 Å². The van der Waals surface area contributed by atoms with Gasteiger partial charge in [-0.25, -0.2) is 0 Å². The monoisotopic (exact) mass is 277 g/mol. The summed E-state index contributed by atoms with van der Waals surface area (Å²) in [6, 6.07) is 8.78. The summed E-state index contributed by atoms with van der Waals surface area (Å²) in [4.78, 5) is 0. The summed E-state index contributed by atoms with van der Waals surface area (Å²) >= 11 is 0. The summed E-state index contributed by atoms with van der Waals surface area (Å²) < 4.78 is 5.84. The maximum absolute atomic E-state index is 5.84. The van der Waals surface area contributed by atoms with Crippen LogP contribution in [0.4, 0.5) is 0 Å². The van der Waals surface area contributed by atoms with E-state index in [-0.39, 0.29) is 0 Å². The smallest absolute Gasteiger partial charge is 0.119 e. The molecule has 0 spiro atoms. The van der Waals surface area contributed by atoms with Crippen molar-refractivity contribution in [1.82, 2.24) is 5.32 Å². The molecule has 114 valence electrons. The Bertz CT molecular complexity index is 351. The molecule has 1 rings (SSSR count). The molecular formula is C18H31NO. The maximum Gasteiger partial charge on any atom is 0.119 e. The van der Waals surface area contributed by atoms with Crippen LogP contribution in [0, 0.1) is 0 Å². The molecular weight excluding hydrogens is 246 g/mol. The molecule has 0 saturated carbocycles. The van der Waals surface area contributed by atoms with E-state index in [2.05, 4.69) is 37.4 Å². The van der Waals surface area contributed by atoms with Gasteiger partial charge in [0, 0.05) is 6.04 Å². The fourth-order valence-electron chi connectivity index (χ4n) is 2.29. The van der Waals surface area contributed by atoms with Gasteiger partial charge in [-0.15, -0.1) is 0 Å². The van der Waals surface area contributed by atoms with E-state index in [1.807, 2.05) is 13.1 Å². The van der Waals surface area contributed by atoms with E-state index >= 15 is 0 Å². The van der Waals surface area contributed by atoms with Crippen molar-refractivity contribution in [1.29, 1.82) is 0 Å². The third kappa shape index (κ3) is 6.95. The minimum absolute atomic E-state index is 0.372. The van der Waals surface area contributed by atoms with Gasteiger partial charge in [0.1, 0.15) is 5.75 Å². The average molecular weight is 277 g/mol. The number of hydrogen-bond donors (Lipinski definition) is 1. The van der Waals surface area contributed by atoms with Gasteiger partial charge < -0.3 is 10.1 Å². The summed E-state index contributed by atoms with van der Waals surface area (Å²) in [6.45, 7) is 5.26. The lowest BCUT2D eigenvalue weighted by Crippen LogP contribution is -2.12. The number of unbranched alkanes of at least 4 members (excludes halogenated alkanes) is 6. The zero-order chi connectivity index (χ0) is 14.6. The van der Waals surface area contributed by atoms with E-state index < -0.39 is 0 Å². The first-order chi connectivity index (χ1) is 9.77. The third-order valence-corrected chi connectivity index (χ3v) is 3.81. The SMILES string of the molecule is CCCCCCCCCOc1cccc(C(C)NC)c1. The predicted octanol–water partition coefficient (Wildman–Crippen LogP) is 5.10. The van der Waals surface area contributed by atoms with Gasteiger partial charge in [-0.1, -0.05) is 57.6 Å². The molecule has 1 atom stereocenters. The first kappa shape index (κ1) is 17.0. The number of ether oxygens (including phenoxy) is 1. The van der Waals surface area contributed by atoms with Crippen molar-refractivity contribution in [2.45, 2.75) is 64.8 Å². The van der Waals surface area contributed by atoms with E-state index in [0.717, 1.165) is 18.8 Å². The van der Waals surface area contributed by atoms with Crippen molar-refractivity contribution in [3.05, 3.63) is 29.8 Å². The normalized spacial score (nSPS) is 12.3. The molecule has 0 aliphatic carbocycles. The Labute approximate surface area is 124 Å². The second-order valence-electron chi connectivity index (χ2n) is 5.55. The summed E-state index contributed by atoms with van der Waals surface area (Å²) in [5.41, 5.74) is 1.28. The zero-order valence-corrected chi connectivity index (χ0v) is 13.5. The van der Waals surface area contributed by atoms with Gasteiger partial charge in [0.25, 0.3) is 0 Å². The quantitative estimate of drug-likeness (QED) is 0.568. The van der Waals surface area contributed by atoms with Gasteiger partial charge in [-0.3, -0.25) is 0 Å². The van der Waals surface area contributed by atoms with Crippen LogP contribution < -0.4 is 10.1 Å². The summed E-state index contributed by atoms with van der Waals surface area (Å²) in [5.74, 6) is 0.996. The van der Waals surface area contributed by atoms with Crippen LogP contribution in [0.3, 0.4) is 0 Å². The molecule has 0 heterocycles. The molecule has 0 saturated heterocycles. The molecule has 2 heteroatoms. The van der Waals surface area contributed by atoms with Crippen molar-refractivity contribution < 1.29 is 4.74 Å². The van der Waals surface area contributed by atoms with Crippen LogP contribution in [0.2, 0.25) is 0 Å². The summed E-state index contributed by atoms with van der Waals surface area (Å²) in [6.07, 6.45) is 9.27. The standard InChI is InChI=1S/C18H31NO/c1-4-5-6-7-8-9-10-14-20-18-13-11-12-17(15-18)16(2)19-3/h11-13,15-16,19H,4-10,14H2,1-3H3. The third-order valence-electron chi connectivity index (χ3n) is 3.81.